The topological polar surface area (TPSA) is 99.1 Å². The number of carbonyl (C=O) groups is 1. The molecule has 1 amide bonds. The van der Waals surface area contributed by atoms with Gasteiger partial charge in [-0.2, -0.15) is 0 Å². The smallest absolute Gasteiger partial charge is 0.293 e. The molecule has 0 aliphatic carbocycles. The molecule has 1 aliphatic rings. The summed E-state index contributed by atoms with van der Waals surface area (Å²) in [6.07, 6.45) is 6.72. The molecule has 4 heterocycles. The summed E-state index contributed by atoms with van der Waals surface area (Å²) in [5.74, 6) is 0.215. The fraction of sp³-hybridized carbons (Fsp3) is 0.190. The van der Waals surface area contributed by atoms with Crippen LogP contribution in [0.15, 0.2) is 59.5 Å². The number of nitrogens with one attached hydrogen (secondary N) is 3. The predicted octanol–water partition coefficient (Wildman–Crippen LogP) is 2.88. The number of amides is 1. The van der Waals surface area contributed by atoms with Crippen molar-refractivity contribution in [1.82, 2.24) is 20.3 Å². The summed E-state index contributed by atoms with van der Waals surface area (Å²) in [6, 6.07) is 9.75. The monoisotopic (exact) mass is 388 g/mol. The number of anilines is 2. The number of piperazine rings is 1. The number of fused-ring (bicyclic) bond motifs is 1. The van der Waals surface area contributed by atoms with Gasteiger partial charge in [-0.25, -0.2) is 4.98 Å². The van der Waals surface area contributed by atoms with Crippen molar-refractivity contribution in [2.75, 3.05) is 36.4 Å². The van der Waals surface area contributed by atoms with Crippen molar-refractivity contribution in [3.8, 4) is 11.5 Å². The standard InChI is InChI=1S/C21H20N6O2/c28-20(26-17-12-23-5-4-18(17)27-9-7-22-8-10-27)19-13-25-21(29-19)15-1-2-16-14(11-15)3-6-24-16/h1-6,11-13,22,24H,7-10H2,(H,26,28). The van der Waals surface area contributed by atoms with E-state index >= 15 is 0 Å². The summed E-state index contributed by atoms with van der Waals surface area (Å²) < 4.78 is 5.74. The number of hydrogen-bond donors (Lipinski definition) is 3. The normalized spacial score (nSPS) is 14.3. The quantitative estimate of drug-likeness (QED) is 0.497. The molecule has 0 unspecified atom stereocenters. The fourth-order valence-electron chi connectivity index (χ4n) is 3.55. The van der Waals surface area contributed by atoms with E-state index in [1.54, 1.807) is 12.4 Å². The summed E-state index contributed by atoms with van der Waals surface area (Å²) >= 11 is 0. The summed E-state index contributed by atoms with van der Waals surface area (Å²) in [6.45, 7) is 3.57. The molecule has 8 nitrogen and oxygen atoms in total. The number of H-pyrrole nitrogens is 1. The van der Waals surface area contributed by atoms with Gasteiger partial charge in [-0.15, -0.1) is 0 Å². The highest BCUT2D eigenvalue weighted by Crippen LogP contribution is 2.27. The fourth-order valence-corrected chi connectivity index (χ4v) is 3.55. The maximum atomic E-state index is 12.8. The van der Waals surface area contributed by atoms with Crippen LogP contribution in [0, 0.1) is 0 Å². The lowest BCUT2D eigenvalue weighted by atomic mass is 10.1. The molecule has 0 bridgehead atoms. The highest BCUT2D eigenvalue weighted by Gasteiger charge is 2.19. The minimum absolute atomic E-state index is 0.157. The summed E-state index contributed by atoms with van der Waals surface area (Å²) in [4.78, 5) is 26.6. The van der Waals surface area contributed by atoms with Gasteiger partial charge in [-0.05, 0) is 30.3 Å². The second-order valence-electron chi connectivity index (χ2n) is 6.89. The zero-order valence-electron chi connectivity index (χ0n) is 15.7. The van der Waals surface area contributed by atoms with Crippen LogP contribution in [0.1, 0.15) is 10.6 Å². The lowest BCUT2D eigenvalue weighted by Gasteiger charge is -2.30. The van der Waals surface area contributed by atoms with Crippen molar-refractivity contribution < 1.29 is 9.21 Å². The first-order chi connectivity index (χ1) is 14.3. The molecule has 0 radical (unpaired) electrons. The summed E-state index contributed by atoms with van der Waals surface area (Å²) in [5, 5.41) is 7.30. The van der Waals surface area contributed by atoms with Gasteiger partial charge >= 0.3 is 0 Å². The van der Waals surface area contributed by atoms with Gasteiger partial charge in [0, 0.05) is 55.0 Å². The van der Waals surface area contributed by atoms with E-state index in [-0.39, 0.29) is 11.7 Å². The third-order valence-corrected chi connectivity index (χ3v) is 5.03. The largest absolute Gasteiger partial charge is 0.431 e. The van der Waals surface area contributed by atoms with E-state index in [1.165, 1.54) is 6.20 Å². The van der Waals surface area contributed by atoms with Crippen LogP contribution in [0.3, 0.4) is 0 Å². The molecule has 3 N–H and O–H groups in total. The van der Waals surface area contributed by atoms with Gasteiger partial charge < -0.3 is 24.9 Å². The Bertz CT molecular complexity index is 1160. The van der Waals surface area contributed by atoms with Crippen LogP contribution < -0.4 is 15.5 Å². The number of benzene rings is 1. The molecule has 0 spiro atoms. The first kappa shape index (κ1) is 17.4. The number of aromatic nitrogens is 3. The SMILES string of the molecule is O=C(Nc1cnccc1N1CCNCC1)c1cnc(-c2ccc3[nH]ccc3c2)o1. The molecule has 29 heavy (non-hydrogen) atoms. The van der Waals surface area contributed by atoms with Crippen molar-refractivity contribution in [1.29, 1.82) is 0 Å². The Morgan fingerprint density at radius 3 is 2.93 bits per heavy atom. The molecule has 3 aromatic heterocycles. The Labute approximate surface area is 167 Å². The minimum atomic E-state index is -0.351. The molecular weight excluding hydrogens is 368 g/mol. The Hall–Kier alpha value is -3.65. The number of carbonyl (C=O) groups excluding carboxylic acids is 1. The van der Waals surface area contributed by atoms with Gasteiger partial charge in [-0.3, -0.25) is 9.78 Å². The average molecular weight is 388 g/mol. The zero-order chi connectivity index (χ0) is 19.6. The van der Waals surface area contributed by atoms with E-state index < -0.39 is 0 Å². The van der Waals surface area contributed by atoms with E-state index in [2.05, 4.69) is 30.5 Å². The van der Waals surface area contributed by atoms with Gasteiger partial charge in [0.1, 0.15) is 0 Å². The van der Waals surface area contributed by atoms with Gasteiger partial charge in [0.15, 0.2) is 0 Å². The number of nitrogens with zero attached hydrogens (tertiary/aromatic N) is 3. The summed E-state index contributed by atoms with van der Waals surface area (Å²) in [5.41, 5.74) is 3.47. The number of rotatable bonds is 4. The molecule has 0 atom stereocenters. The van der Waals surface area contributed by atoms with Crippen LogP contribution >= 0.6 is 0 Å². The lowest BCUT2D eigenvalue weighted by molar-refractivity contribution is 0.0997. The van der Waals surface area contributed by atoms with Crippen LogP contribution in [0.5, 0.6) is 0 Å². The number of hydrogen-bond acceptors (Lipinski definition) is 6. The van der Waals surface area contributed by atoms with Gasteiger partial charge in [0.2, 0.25) is 11.7 Å². The Kier molecular flexibility index (Phi) is 4.45. The molecule has 5 rings (SSSR count). The van der Waals surface area contributed by atoms with Gasteiger partial charge in [-0.1, -0.05) is 0 Å². The van der Waals surface area contributed by atoms with Crippen molar-refractivity contribution in [3.05, 3.63) is 60.9 Å². The van der Waals surface area contributed by atoms with Crippen LogP contribution in [-0.2, 0) is 0 Å². The molecule has 1 fully saturated rings. The van der Waals surface area contributed by atoms with Crippen LogP contribution in [-0.4, -0.2) is 47.0 Å². The highest BCUT2D eigenvalue weighted by molar-refractivity contribution is 6.04. The molecule has 1 aliphatic heterocycles. The van der Waals surface area contributed by atoms with E-state index in [4.69, 9.17) is 4.42 Å². The lowest BCUT2D eigenvalue weighted by Crippen LogP contribution is -2.43. The van der Waals surface area contributed by atoms with Crippen LogP contribution in [0.4, 0.5) is 11.4 Å². The first-order valence-corrected chi connectivity index (χ1v) is 9.52. The maximum absolute atomic E-state index is 12.8. The van der Waals surface area contributed by atoms with Crippen LogP contribution in [0.25, 0.3) is 22.4 Å². The molecule has 146 valence electrons. The minimum Gasteiger partial charge on any atom is -0.431 e. The second-order valence-corrected chi connectivity index (χ2v) is 6.89. The van der Waals surface area contributed by atoms with E-state index in [1.807, 2.05) is 36.5 Å². The maximum Gasteiger partial charge on any atom is 0.293 e. The molecule has 0 saturated carbocycles. The van der Waals surface area contributed by atoms with Crippen molar-refractivity contribution in [2.24, 2.45) is 0 Å². The number of pyridine rings is 1. The van der Waals surface area contributed by atoms with Crippen molar-refractivity contribution in [3.63, 3.8) is 0 Å². The zero-order valence-corrected chi connectivity index (χ0v) is 15.7. The number of oxazole rings is 1. The highest BCUT2D eigenvalue weighted by atomic mass is 16.4. The first-order valence-electron chi connectivity index (χ1n) is 9.52. The van der Waals surface area contributed by atoms with Crippen LogP contribution in [0.2, 0.25) is 0 Å². The predicted molar refractivity (Wildman–Crippen MR) is 111 cm³/mol. The van der Waals surface area contributed by atoms with Gasteiger partial charge in [0.05, 0.1) is 23.8 Å². The molecule has 4 aromatic rings. The third kappa shape index (κ3) is 3.45. The second kappa shape index (κ2) is 7.40. The Morgan fingerprint density at radius 1 is 1.14 bits per heavy atom. The van der Waals surface area contributed by atoms with Crippen molar-refractivity contribution >= 4 is 28.2 Å². The van der Waals surface area contributed by atoms with Gasteiger partial charge in [0.25, 0.3) is 5.91 Å². The average Bonchev–Trinajstić information content (AvgIpc) is 3.44. The molecule has 8 heteroatoms. The molecule has 1 saturated heterocycles. The number of aromatic amines is 1. The Morgan fingerprint density at radius 2 is 2.03 bits per heavy atom. The Balaban J connectivity index is 1.37. The van der Waals surface area contributed by atoms with E-state index in [0.29, 0.717) is 11.6 Å². The molecular formula is C21H20N6O2. The van der Waals surface area contributed by atoms with E-state index in [0.717, 1.165) is 48.3 Å². The summed E-state index contributed by atoms with van der Waals surface area (Å²) in [7, 11) is 0. The van der Waals surface area contributed by atoms with E-state index in [9.17, 15) is 4.79 Å². The molecule has 1 aromatic carbocycles. The third-order valence-electron chi connectivity index (χ3n) is 5.03. The van der Waals surface area contributed by atoms with Crippen molar-refractivity contribution in [2.45, 2.75) is 0 Å².